The van der Waals surface area contributed by atoms with E-state index in [0.717, 1.165) is 11.6 Å². The third-order valence-electron chi connectivity index (χ3n) is 2.83. The summed E-state index contributed by atoms with van der Waals surface area (Å²) < 4.78 is 26.6. The molecule has 104 valence electrons. The van der Waals surface area contributed by atoms with Crippen molar-refractivity contribution >= 4 is 11.7 Å². The van der Waals surface area contributed by atoms with Gasteiger partial charge in [-0.15, -0.1) is 0 Å². The molecule has 0 aliphatic rings. The number of aromatic carboxylic acids is 1. The molecule has 0 radical (unpaired) electrons. The molecule has 2 N–H and O–H groups in total. The van der Waals surface area contributed by atoms with Crippen molar-refractivity contribution in [3.05, 3.63) is 65.2 Å². The second-order valence-corrected chi connectivity index (χ2v) is 4.31. The molecule has 0 spiro atoms. The Labute approximate surface area is 114 Å². The fourth-order valence-electron chi connectivity index (χ4n) is 1.83. The summed E-state index contributed by atoms with van der Waals surface area (Å²) in [6.07, 6.45) is 0.540. The van der Waals surface area contributed by atoms with Crippen molar-refractivity contribution in [2.75, 3.05) is 11.9 Å². The summed E-state index contributed by atoms with van der Waals surface area (Å²) in [5.41, 5.74) is 0.935. The minimum absolute atomic E-state index is 0.0989. The number of nitrogens with one attached hydrogen (secondary N) is 1. The highest BCUT2D eigenvalue weighted by atomic mass is 19.1. The quantitative estimate of drug-likeness (QED) is 0.881. The number of rotatable bonds is 5. The second kappa shape index (κ2) is 6.14. The van der Waals surface area contributed by atoms with E-state index in [2.05, 4.69) is 5.32 Å². The molecule has 0 aliphatic heterocycles. The molecule has 2 aromatic rings. The molecule has 3 nitrogen and oxygen atoms in total. The topological polar surface area (TPSA) is 49.3 Å². The van der Waals surface area contributed by atoms with Crippen molar-refractivity contribution in [2.24, 2.45) is 0 Å². The Balaban J connectivity index is 1.96. The molecule has 0 unspecified atom stereocenters. The molecule has 2 aromatic carbocycles. The van der Waals surface area contributed by atoms with Gasteiger partial charge in [0.2, 0.25) is 0 Å². The van der Waals surface area contributed by atoms with Crippen molar-refractivity contribution in [3.8, 4) is 0 Å². The molecular weight excluding hydrogens is 264 g/mol. The van der Waals surface area contributed by atoms with E-state index in [-0.39, 0.29) is 17.1 Å². The zero-order valence-corrected chi connectivity index (χ0v) is 10.6. The largest absolute Gasteiger partial charge is 0.478 e. The van der Waals surface area contributed by atoms with Gasteiger partial charge in [-0.05, 0) is 42.3 Å². The lowest BCUT2D eigenvalue weighted by Gasteiger charge is -2.08. The van der Waals surface area contributed by atoms with Gasteiger partial charge >= 0.3 is 5.97 Å². The Morgan fingerprint density at radius 3 is 2.60 bits per heavy atom. The lowest BCUT2D eigenvalue weighted by Crippen LogP contribution is -2.07. The van der Waals surface area contributed by atoms with Crippen LogP contribution in [0.5, 0.6) is 0 Å². The van der Waals surface area contributed by atoms with Crippen LogP contribution in [-0.4, -0.2) is 17.6 Å². The summed E-state index contributed by atoms with van der Waals surface area (Å²) in [5, 5.41) is 11.6. The molecule has 0 aromatic heterocycles. The fraction of sp³-hybridized carbons (Fsp3) is 0.133. The number of hydrogen-bond acceptors (Lipinski definition) is 2. The first kappa shape index (κ1) is 14.0. The van der Waals surface area contributed by atoms with Gasteiger partial charge in [0.15, 0.2) is 0 Å². The zero-order valence-electron chi connectivity index (χ0n) is 10.6. The van der Waals surface area contributed by atoms with E-state index in [4.69, 9.17) is 5.11 Å². The Hall–Kier alpha value is -2.43. The van der Waals surface area contributed by atoms with Gasteiger partial charge in [-0.25, -0.2) is 13.6 Å². The average molecular weight is 277 g/mol. The van der Waals surface area contributed by atoms with Gasteiger partial charge in [-0.3, -0.25) is 0 Å². The molecule has 0 fully saturated rings. The van der Waals surface area contributed by atoms with Crippen molar-refractivity contribution in [1.29, 1.82) is 0 Å². The van der Waals surface area contributed by atoms with Gasteiger partial charge in [0.05, 0.1) is 11.3 Å². The molecule has 20 heavy (non-hydrogen) atoms. The molecule has 2 rings (SSSR count). The molecule has 0 saturated heterocycles. The van der Waals surface area contributed by atoms with E-state index >= 15 is 0 Å². The van der Waals surface area contributed by atoms with Gasteiger partial charge in [0, 0.05) is 6.54 Å². The van der Waals surface area contributed by atoms with Crippen LogP contribution in [0.3, 0.4) is 0 Å². The minimum Gasteiger partial charge on any atom is -0.478 e. The summed E-state index contributed by atoms with van der Waals surface area (Å²) >= 11 is 0. The van der Waals surface area contributed by atoms with Crippen LogP contribution < -0.4 is 5.32 Å². The van der Waals surface area contributed by atoms with Gasteiger partial charge in [0.25, 0.3) is 0 Å². The maximum Gasteiger partial charge on any atom is 0.335 e. The number of carbonyl (C=O) groups is 1. The zero-order chi connectivity index (χ0) is 14.5. The molecular formula is C15H13F2NO2. The van der Waals surface area contributed by atoms with Crippen LogP contribution in [0.2, 0.25) is 0 Å². The lowest BCUT2D eigenvalue weighted by atomic mass is 10.1. The summed E-state index contributed by atoms with van der Waals surface area (Å²) in [5.74, 6) is -2.10. The van der Waals surface area contributed by atoms with E-state index < -0.39 is 11.8 Å². The molecule has 5 heteroatoms. The SMILES string of the molecule is O=C(O)c1ccc(NCCc2cccc(F)c2)c(F)c1. The molecule has 0 bridgehead atoms. The highest BCUT2D eigenvalue weighted by Crippen LogP contribution is 2.16. The Kier molecular flexibility index (Phi) is 4.30. The molecule has 0 amide bonds. The maximum atomic E-state index is 13.6. The number of anilines is 1. The smallest absolute Gasteiger partial charge is 0.335 e. The van der Waals surface area contributed by atoms with E-state index in [9.17, 15) is 13.6 Å². The highest BCUT2D eigenvalue weighted by molar-refractivity contribution is 5.88. The van der Waals surface area contributed by atoms with Gasteiger partial charge < -0.3 is 10.4 Å². The number of carboxylic acids is 1. The summed E-state index contributed by atoms with van der Waals surface area (Å²) in [4.78, 5) is 10.7. The second-order valence-electron chi connectivity index (χ2n) is 4.31. The Morgan fingerprint density at radius 1 is 1.15 bits per heavy atom. The van der Waals surface area contributed by atoms with Crippen molar-refractivity contribution in [2.45, 2.75) is 6.42 Å². The Morgan fingerprint density at radius 2 is 1.95 bits per heavy atom. The van der Waals surface area contributed by atoms with E-state index in [1.54, 1.807) is 12.1 Å². The van der Waals surface area contributed by atoms with Crippen molar-refractivity contribution in [1.82, 2.24) is 0 Å². The summed E-state index contributed by atoms with van der Waals surface area (Å²) in [6, 6.07) is 9.86. The predicted octanol–water partition coefficient (Wildman–Crippen LogP) is 3.32. The number of halogens is 2. The lowest BCUT2D eigenvalue weighted by molar-refractivity contribution is 0.0696. The molecule has 0 heterocycles. The first-order valence-electron chi connectivity index (χ1n) is 6.07. The monoisotopic (exact) mass is 277 g/mol. The molecule has 0 saturated carbocycles. The number of hydrogen-bond donors (Lipinski definition) is 2. The van der Waals surface area contributed by atoms with Crippen LogP contribution in [0.25, 0.3) is 0 Å². The van der Waals surface area contributed by atoms with Gasteiger partial charge in [-0.1, -0.05) is 12.1 Å². The predicted molar refractivity (Wildman–Crippen MR) is 72.0 cm³/mol. The average Bonchev–Trinajstić information content (AvgIpc) is 2.40. The van der Waals surface area contributed by atoms with E-state index in [1.807, 2.05) is 0 Å². The first-order valence-corrected chi connectivity index (χ1v) is 6.07. The number of carboxylic acid groups (broad SMARTS) is 1. The Bertz CT molecular complexity index is 629. The van der Waals surface area contributed by atoms with E-state index in [1.165, 1.54) is 24.3 Å². The highest BCUT2D eigenvalue weighted by Gasteiger charge is 2.07. The van der Waals surface area contributed by atoms with Crippen LogP contribution in [-0.2, 0) is 6.42 Å². The fourth-order valence-corrected chi connectivity index (χ4v) is 1.83. The summed E-state index contributed by atoms with van der Waals surface area (Å²) in [7, 11) is 0. The first-order chi connectivity index (χ1) is 9.56. The van der Waals surface area contributed by atoms with Crippen LogP contribution in [0.15, 0.2) is 42.5 Å². The standard InChI is InChI=1S/C15H13F2NO2/c16-12-3-1-2-10(8-12)6-7-18-14-5-4-11(15(19)20)9-13(14)17/h1-5,8-9,18H,6-7H2,(H,19,20). The van der Waals surface area contributed by atoms with Crippen LogP contribution in [0.4, 0.5) is 14.5 Å². The van der Waals surface area contributed by atoms with Crippen molar-refractivity contribution < 1.29 is 18.7 Å². The normalized spacial score (nSPS) is 10.3. The van der Waals surface area contributed by atoms with Crippen LogP contribution >= 0.6 is 0 Å². The third-order valence-corrected chi connectivity index (χ3v) is 2.83. The van der Waals surface area contributed by atoms with Gasteiger partial charge in [-0.2, -0.15) is 0 Å². The van der Waals surface area contributed by atoms with E-state index in [0.29, 0.717) is 13.0 Å². The van der Waals surface area contributed by atoms with Gasteiger partial charge in [0.1, 0.15) is 11.6 Å². The molecule has 0 atom stereocenters. The third kappa shape index (κ3) is 3.54. The minimum atomic E-state index is -1.17. The van der Waals surface area contributed by atoms with Crippen LogP contribution in [0.1, 0.15) is 15.9 Å². The summed E-state index contributed by atoms with van der Waals surface area (Å²) in [6.45, 7) is 0.423. The maximum absolute atomic E-state index is 13.6. The molecule has 0 aliphatic carbocycles. The van der Waals surface area contributed by atoms with Crippen LogP contribution in [0, 0.1) is 11.6 Å². The van der Waals surface area contributed by atoms with Crippen molar-refractivity contribution in [3.63, 3.8) is 0 Å². The number of benzene rings is 2.